The first-order valence-corrected chi connectivity index (χ1v) is 9.59. The predicted molar refractivity (Wildman–Crippen MR) is 110 cm³/mol. The molecule has 0 aliphatic carbocycles. The third-order valence-electron chi connectivity index (χ3n) is 5.09. The molecule has 2 aromatic carbocycles. The molecule has 6 heteroatoms. The van der Waals surface area contributed by atoms with E-state index in [1.54, 1.807) is 12.1 Å². The molecule has 1 fully saturated rings. The number of rotatable bonds is 3. The van der Waals surface area contributed by atoms with Crippen LogP contribution < -0.4 is 4.90 Å². The minimum Gasteiger partial charge on any atom is -0.478 e. The van der Waals surface area contributed by atoms with Gasteiger partial charge in [0.1, 0.15) is 11.4 Å². The van der Waals surface area contributed by atoms with Crippen molar-refractivity contribution in [2.45, 2.75) is 19.3 Å². The zero-order chi connectivity index (χ0) is 19.7. The van der Waals surface area contributed by atoms with Crippen molar-refractivity contribution < 1.29 is 9.90 Å². The van der Waals surface area contributed by atoms with Gasteiger partial charge in [0, 0.05) is 24.0 Å². The van der Waals surface area contributed by atoms with Gasteiger partial charge >= 0.3 is 5.97 Å². The van der Waals surface area contributed by atoms with Crippen LogP contribution in [0.15, 0.2) is 42.5 Å². The Bertz CT molecular complexity index is 1100. The predicted octanol–water partition coefficient (Wildman–Crippen LogP) is 5.12. The number of carboxylic acids is 1. The molecule has 3 aromatic rings. The van der Waals surface area contributed by atoms with Crippen molar-refractivity contribution in [3.63, 3.8) is 0 Å². The third-order valence-corrected chi connectivity index (χ3v) is 5.37. The number of nitrogens with zero attached hydrogens (tertiary/aromatic N) is 3. The summed E-state index contributed by atoms with van der Waals surface area (Å²) in [6, 6.07) is 14.7. The van der Waals surface area contributed by atoms with Gasteiger partial charge in [-0.15, -0.1) is 0 Å². The summed E-state index contributed by atoms with van der Waals surface area (Å²) in [7, 11) is 0. The first-order valence-electron chi connectivity index (χ1n) is 9.21. The van der Waals surface area contributed by atoms with E-state index in [1.165, 1.54) is 0 Å². The largest absolute Gasteiger partial charge is 0.478 e. The Kier molecular flexibility index (Phi) is 4.89. The smallest absolute Gasteiger partial charge is 0.340 e. The molecule has 1 aromatic heterocycles. The molecule has 5 nitrogen and oxygen atoms in total. The number of hydrogen-bond acceptors (Lipinski definition) is 4. The SMILES string of the molecule is N#Cc1cc(Cl)c2nc(N3CCCCC3)c(C(=O)O)c(-c3ccccc3)c2c1. The minimum absolute atomic E-state index is 0.159. The van der Waals surface area contributed by atoms with Crippen LogP contribution in [0, 0.1) is 11.3 Å². The number of nitriles is 1. The van der Waals surface area contributed by atoms with Gasteiger partial charge < -0.3 is 10.0 Å². The average molecular weight is 392 g/mol. The molecule has 2 heterocycles. The number of benzene rings is 2. The van der Waals surface area contributed by atoms with Crippen molar-refractivity contribution in [3.8, 4) is 17.2 Å². The summed E-state index contributed by atoms with van der Waals surface area (Å²) in [5.41, 5.74) is 2.37. The van der Waals surface area contributed by atoms with E-state index in [1.807, 2.05) is 35.2 Å². The molecule has 0 saturated carbocycles. The highest BCUT2D eigenvalue weighted by atomic mass is 35.5. The van der Waals surface area contributed by atoms with Crippen LogP contribution in [0.25, 0.3) is 22.0 Å². The van der Waals surface area contributed by atoms with Gasteiger partial charge in [-0.2, -0.15) is 5.26 Å². The molecule has 0 unspecified atom stereocenters. The number of carbonyl (C=O) groups is 1. The van der Waals surface area contributed by atoms with Crippen LogP contribution in [0.3, 0.4) is 0 Å². The molecule has 0 spiro atoms. The Balaban J connectivity index is 2.13. The lowest BCUT2D eigenvalue weighted by molar-refractivity contribution is 0.0698. The van der Waals surface area contributed by atoms with E-state index < -0.39 is 5.97 Å². The lowest BCUT2D eigenvalue weighted by Gasteiger charge is -2.30. The van der Waals surface area contributed by atoms with E-state index in [9.17, 15) is 15.2 Å². The summed E-state index contributed by atoms with van der Waals surface area (Å²) < 4.78 is 0. The van der Waals surface area contributed by atoms with E-state index in [2.05, 4.69) is 11.1 Å². The molecule has 1 aliphatic rings. The summed E-state index contributed by atoms with van der Waals surface area (Å²) in [5.74, 6) is -0.586. The maximum atomic E-state index is 12.4. The second kappa shape index (κ2) is 7.49. The van der Waals surface area contributed by atoms with Crippen LogP contribution in [-0.4, -0.2) is 29.1 Å². The zero-order valence-corrected chi connectivity index (χ0v) is 15.9. The van der Waals surface area contributed by atoms with Crippen LogP contribution in [0.5, 0.6) is 0 Å². The highest BCUT2D eigenvalue weighted by Crippen LogP contribution is 2.40. The van der Waals surface area contributed by atoms with Gasteiger partial charge in [-0.25, -0.2) is 9.78 Å². The van der Waals surface area contributed by atoms with Crippen LogP contribution >= 0.6 is 11.6 Å². The lowest BCUT2D eigenvalue weighted by Crippen LogP contribution is -2.32. The van der Waals surface area contributed by atoms with Crippen molar-refractivity contribution in [1.82, 2.24) is 4.98 Å². The monoisotopic (exact) mass is 391 g/mol. The summed E-state index contributed by atoms with van der Waals surface area (Å²) in [6.45, 7) is 1.53. The van der Waals surface area contributed by atoms with Gasteiger partial charge in [0.15, 0.2) is 0 Å². The van der Waals surface area contributed by atoms with Crippen molar-refractivity contribution >= 4 is 34.3 Å². The van der Waals surface area contributed by atoms with Gasteiger partial charge in [-0.1, -0.05) is 41.9 Å². The first kappa shape index (κ1) is 18.3. The van der Waals surface area contributed by atoms with E-state index in [0.29, 0.717) is 32.9 Å². The van der Waals surface area contributed by atoms with Crippen molar-refractivity contribution in [2.24, 2.45) is 0 Å². The van der Waals surface area contributed by atoms with E-state index in [-0.39, 0.29) is 5.56 Å². The molecular formula is C22H18ClN3O2. The molecule has 140 valence electrons. The summed E-state index contributed by atoms with van der Waals surface area (Å²) in [5, 5.41) is 20.4. The number of anilines is 1. The topological polar surface area (TPSA) is 77.2 Å². The van der Waals surface area contributed by atoms with Gasteiger partial charge in [0.05, 0.1) is 22.2 Å². The van der Waals surface area contributed by atoms with E-state index >= 15 is 0 Å². The van der Waals surface area contributed by atoms with Crippen molar-refractivity contribution in [1.29, 1.82) is 5.26 Å². The Morgan fingerprint density at radius 2 is 1.86 bits per heavy atom. The molecule has 0 radical (unpaired) electrons. The quantitative estimate of drug-likeness (QED) is 0.670. The number of carboxylic acid groups (broad SMARTS) is 1. The van der Waals surface area contributed by atoms with Crippen LogP contribution in [-0.2, 0) is 0 Å². The number of aromatic carboxylic acids is 1. The average Bonchev–Trinajstić information content (AvgIpc) is 2.73. The summed E-state index contributed by atoms with van der Waals surface area (Å²) >= 11 is 6.46. The van der Waals surface area contributed by atoms with Gasteiger partial charge in [0.2, 0.25) is 0 Å². The summed E-state index contributed by atoms with van der Waals surface area (Å²) in [4.78, 5) is 19.1. The van der Waals surface area contributed by atoms with Gasteiger partial charge in [0.25, 0.3) is 0 Å². The lowest BCUT2D eigenvalue weighted by atomic mass is 9.94. The Morgan fingerprint density at radius 1 is 1.14 bits per heavy atom. The molecule has 0 bridgehead atoms. The van der Waals surface area contributed by atoms with E-state index in [0.717, 1.165) is 37.9 Å². The highest BCUT2D eigenvalue weighted by Gasteiger charge is 2.27. The fourth-order valence-corrected chi connectivity index (χ4v) is 4.08. The standard InChI is InChI=1S/C22H18ClN3O2/c23-17-12-14(13-24)11-16-18(15-7-3-1-4-8-15)19(22(27)28)21(25-20(16)17)26-9-5-2-6-10-26/h1,3-4,7-8,11-12H,2,5-6,9-10H2,(H,27,28). The third kappa shape index (κ3) is 3.17. The fraction of sp³-hybridized carbons (Fsp3) is 0.227. The number of aromatic nitrogens is 1. The fourth-order valence-electron chi connectivity index (χ4n) is 3.82. The number of fused-ring (bicyclic) bond motifs is 1. The minimum atomic E-state index is -1.03. The maximum absolute atomic E-state index is 12.4. The van der Waals surface area contributed by atoms with Gasteiger partial charge in [-0.05, 0) is 37.0 Å². The molecular weight excluding hydrogens is 374 g/mol. The van der Waals surface area contributed by atoms with Crippen LogP contribution in [0.4, 0.5) is 5.82 Å². The van der Waals surface area contributed by atoms with Crippen molar-refractivity contribution in [2.75, 3.05) is 18.0 Å². The molecule has 1 saturated heterocycles. The number of hydrogen-bond donors (Lipinski definition) is 1. The normalized spacial score (nSPS) is 14.1. The molecule has 28 heavy (non-hydrogen) atoms. The Morgan fingerprint density at radius 3 is 2.50 bits per heavy atom. The highest BCUT2D eigenvalue weighted by molar-refractivity contribution is 6.36. The first-order chi connectivity index (χ1) is 13.6. The van der Waals surface area contributed by atoms with Crippen molar-refractivity contribution in [3.05, 3.63) is 58.6 Å². The van der Waals surface area contributed by atoms with Crippen LogP contribution in [0.2, 0.25) is 5.02 Å². The second-order valence-electron chi connectivity index (χ2n) is 6.87. The summed E-state index contributed by atoms with van der Waals surface area (Å²) in [6.07, 6.45) is 3.13. The second-order valence-corrected chi connectivity index (χ2v) is 7.28. The van der Waals surface area contributed by atoms with Crippen LogP contribution in [0.1, 0.15) is 35.2 Å². The number of pyridine rings is 1. The molecule has 1 aliphatic heterocycles. The zero-order valence-electron chi connectivity index (χ0n) is 15.2. The Labute approximate surface area is 167 Å². The molecule has 0 amide bonds. The van der Waals surface area contributed by atoms with E-state index in [4.69, 9.17) is 11.6 Å². The number of piperidine rings is 1. The maximum Gasteiger partial charge on any atom is 0.340 e. The Hall–Kier alpha value is -3.10. The molecule has 0 atom stereocenters. The molecule has 1 N–H and O–H groups in total. The molecule has 4 rings (SSSR count). The van der Waals surface area contributed by atoms with Gasteiger partial charge in [-0.3, -0.25) is 0 Å². The number of halogens is 1.